The summed E-state index contributed by atoms with van der Waals surface area (Å²) < 4.78 is 13.3. The molecule has 178 valence electrons. The molecule has 0 amide bonds. The third-order valence-electron chi connectivity index (χ3n) is 5.27. The maximum Gasteiger partial charge on any atom is 0.252 e. The fourth-order valence-corrected chi connectivity index (χ4v) is 3.36. The average Bonchev–Trinajstić information content (AvgIpc) is 3.50. The van der Waals surface area contributed by atoms with Gasteiger partial charge in [-0.1, -0.05) is 45.4 Å². The molecule has 1 N–H and O–H groups in total. The highest BCUT2D eigenvalue weighted by atomic mass is 16.5. The summed E-state index contributed by atoms with van der Waals surface area (Å²) in [5, 5.41) is 18.5. The lowest BCUT2D eigenvalue weighted by molar-refractivity contribution is 0.309. The standard InChI is InChI=1S/C27H28N6O2/c1-4-5-15-34-23-13-11-20(12-14-23)25-21(18-33(32-25)22-9-7-6-8-10-22)17-29-31-27-24(16-28)30-26(35-27)19(2)3/h6-14,17-19,31H,4-5,15H2,1-3H3/b29-17+. The Labute approximate surface area is 204 Å². The van der Waals surface area contributed by atoms with Gasteiger partial charge in [-0.05, 0) is 42.8 Å². The first-order chi connectivity index (χ1) is 17.1. The predicted octanol–water partition coefficient (Wildman–Crippen LogP) is 6.15. The molecule has 0 radical (unpaired) electrons. The molecule has 4 rings (SSSR count). The average molecular weight is 469 g/mol. The number of benzene rings is 2. The highest BCUT2D eigenvalue weighted by molar-refractivity contribution is 5.89. The zero-order valence-corrected chi connectivity index (χ0v) is 20.1. The van der Waals surface area contributed by atoms with E-state index in [2.05, 4.69) is 22.4 Å². The second-order valence-electron chi connectivity index (χ2n) is 8.31. The van der Waals surface area contributed by atoms with E-state index in [0.29, 0.717) is 12.5 Å². The second kappa shape index (κ2) is 11.2. The van der Waals surface area contributed by atoms with E-state index in [1.54, 1.807) is 6.21 Å². The fraction of sp³-hybridized carbons (Fsp3) is 0.259. The van der Waals surface area contributed by atoms with Crippen molar-refractivity contribution in [3.8, 4) is 28.8 Å². The minimum absolute atomic E-state index is 0.0614. The van der Waals surface area contributed by atoms with Gasteiger partial charge in [-0.2, -0.15) is 15.5 Å². The molecule has 0 aliphatic heterocycles. The van der Waals surface area contributed by atoms with Gasteiger partial charge in [-0.25, -0.2) is 15.1 Å². The highest BCUT2D eigenvalue weighted by Crippen LogP contribution is 2.26. The minimum Gasteiger partial charge on any atom is -0.494 e. The highest BCUT2D eigenvalue weighted by Gasteiger charge is 2.15. The molecule has 8 nitrogen and oxygen atoms in total. The first-order valence-electron chi connectivity index (χ1n) is 11.7. The summed E-state index contributed by atoms with van der Waals surface area (Å²) in [6, 6.07) is 19.8. The van der Waals surface area contributed by atoms with Crippen molar-refractivity contribution >= 4 is 12.1 Å². The van der Waals surface area contributed by atoms with E-state index >= 15 is 0 Å². The van der Waals surface area contributed by atoms with Crippen LogP contribution in [-0.4, -0.2) is 27.6 Å². The Morgan fingerprint density at radius 3 is 2.63 bits per heavy atom. The van der Waals surface area contributed by atoms with Gasteiger partial charge in [0.1, 0.15) is 17.5 Å². The molecule has 2 aromatic heterocycles. The van der Waals surface area contributed by atoms with Crippen LogP contribution in [0.1, 0.15) is 56.7 Å². The summed E-state index contributed by atoms with van der Waals surface area (Å²) in [5.41, 5.74) is 6.41. The summed E-state index contributed by atoms with van der Waals surface area (Å²) in [6.45, 7) is 6.74. The number of unbranched alkanes of at least 4 members (excludes halogenated alkanes) is 1. The third kappa shape index (κ3) is 5.76. The van der Waals surface area contributed by atoms with E-state index < -0.39 is 0 Å². The number of oxazole rings is 1. The van der Waals surface area contributed by atoms with Crippen LogP contribution in [0.5, 0.6) is 5.75 Å². The lowest BCUT2D eigenvalue weighted by atomic mass is 10.1. The van der Waals surface area contributed by atoms with Gasteiger partial charge >= 0.3 is 0 Å². The first kappa shape index (κ1) is 23.8. The topological polar surface area (TPSA) is 101 Å². The van der Waals surface area contributed by atoms with Crippen LogP contribution in [0.3, 0.4) is 0 Å². The number of hydrogen-bond acceptors (Lipinski definition) is 7. The summed E-state index contributed by atoms with van der Waals surface area (Å²) in [4.78, 5) is 4.21. The molecule has 8 heteroatoms. The zero-order valence-electron chi connectivity index (χ0n) is 20.1. The van der Waals surface area contributed by atoms with Gasteiger partial charge in [0.2, 0.25) is 11.6 Å². The number of hydrazone groups is 1. The van der Waals surface area contributed by atoms with E-state index in [-0.39, 0.29) is 17.5 Å². The van der Waals surface area contributed by atoms with Crippen molar-refractivity contribution in [2.75, 3.05) is 12.0 Å². The summed E-state index contributed by atoms with van der Waals surface area (Å²) >= 11 is 0. The molecule has 0 atom stereocenters. The van der Waals surface area contributed by atoms with Crippen LogP contribution in [0.4, 0.5) is 5.88 Å². The molecule has 0 spiro atoms. The van der Waals surface area contributed by atoms with E-state index in [4.69, 9.17) is 14.3 Å². The first-order valence-corrected chi connectivity index (χ1v) is 11.7. The monoisotopic (exact) mass is 468 g/mol. The Kier molecular flexibility index (Phi) is 7.58. The van der Waals surface area contributed by atoms with Crippen LogP contribution >= 0.6 is 0 Å². The number of hydrogen-bond donors (Lipinski definition) is 1. The number of rotatable bonds is 10. The molecule has 4 aromatic rings. The number of nitrogens with zero attached hydrogens (tertiary/aromatic N) is 5. The van der Waals surface area contributed by atoms with Crippen molar-refractivity contribution in [3.05, 3.63) is 77.9 Å². The number of aromatic nitrogens is 3. The van der Waals surface area contributed by atoms with Gasteiger partial charge in [0.25, 0.3) is 5.88 Å². The van der Waals surface area contributed by atoms with Gasteiger partial charge < -0.3 is 9.15 Å². The zero-order chi connectivity index (χ0) is 24.6. The van der Waals surface area contributed by atoms with Gasteiger partial charge in [0, 0.05) is 23.2 Å². The van der Waals surface area contributed by atoms with Crippen molar-refractivity contribution in [2.45, 2.75) is 39.5 Å². The molecule has 0 aliphatic rings. The molecule has 0 saturated carbocycles. The van der Waals surface area contributed by atoms with Crippen LogP contribution in [0, 0.1) is 11.3 Å². The van der Waals surface area contributed by atoms with E-state index in [1.165, 1.54) is 0 Å². The molecule has 0 fully saturated rings. The number of ether oxygens (including phenoxy) is 1. The van der Waals surface area contributed by atoms with Gasteiger partial charge in [0.05, 0.1) is 18.5 Å². The minimum atomic E-state index is 0.0614. The second-order valence-corrected chi connectivity index (χ2v) is 8.31. The molecular weight excluding hydrogens is 440 g/mol. The Bertz CT molecular complexity index is 1310. The Morgan fingerprint density at radius 1 is 1.17 bits per heavy atom. The Balaban J connectivity index is 1.62. The van der Waals surface area contributed by atoms with Crippen LogP contribution in [0.25, 0.3) is 16.9 Å². The summed E-state index contributed by atoms with van der Waals surface area (Å²) in [6.07, 6.45) is 5.68. The van der Waals surface area contributed by atoms with Crippen LogP contribution < -0.4 is 10.2 Å². The van der Waals surface area contributed by atoms with E-state index in [0.717, 1.165) is 41.1 Å². The van der Waals surface area contributed by atoms with Gasteiger partial charge in [-0.3, -0.25) is 0 Å². The number of nitrogens with one attached hydrogen (secondary N) is 1. The lowest BCUT2D eigenvalue weighted by Gasteiger charge is -2.06. The normalized spacial score (nSPS) is 11.2. The number of nitriles is 1. The molecule has 0 aliphatic carbocycles. The van der Waals surface area contributed by atoms with E-state index in [1.807, 2.05) is 85.4 Å². The van der Waals surface area contributed by atoms with Crippen molar-refractivity contribution in [3.63, 3.8) is 0 Å². The molecule has 35 heavy (non-hydrogen) atoms. The lowest BCUT2D eigenvalue weighted by Crippen LogP contribution is -1.96. The Hall–Kier alpha value is -4.38. The summed E-state index contributed by atoms with van der Waals surface area (Å²) in [5.74, 6) is 1.60. The Morgan fingerprint density at radius 2 is 1.94 bits per heavy atom. The SMILES string of the molecule is CCCCOc1ccc(-c2nn(-c3ccccc3)cc2/C=N/Nc2oc(C(C)C)nc2C#N)cc1. The molecule has 0 unspecified atom stereocenters. The maximum absolute atomic E-state index is 9.35. The van der Waals surface area contributed by atoms with Crippen LogP contribution in [-0.2, 0) is 0 Å². The quantitative estimate of drug-likeness (QED) is 0.170. The maximum atomic E-state index is 9.35. The smallest absolute Gasteiger partial charge is 0.252 e. The fourth-order valence-electron chi connectivity index (χ4n) is 3.36. The molecule has 0 bridgehead atoms. The molecule has 0 saturated heterocycles. The van der Waals surface area contributed by atoms with Crippen molar-refractivity contribution in [1.82, 2.24) is 14.8 Å². The van der Waals surface area contributed by atoms with Crippen LogP contribution in [0.15, 0.2) is 70.3 Å². The number of para-hydroxylation sites is 1. The summed E-state index contributed by atoms with van der Waals surface area (Å²) in [7, 11) is 0. The third-order valence-corrected chi connectivity index (χ3v) is 5.27. The molecule has 2 aromatic carbocycles. The van der Waals surface area contributed by atoms with Crippen molar-refractivity contribution in [2.24, 2.45) is 5.10 Å². The van der Waals surface area contributed by atoms with Crippen molar-refractivity contribution in [1.29, 1.82) is 5.26 Å². The molecular formula is C27H28N6O2. The largest absolute Gasteiger partial charge is 0.494 e. The van der Waals surface area contributed by atoms with E-state index in [9.17, 15) is 5.26 Å². The molecule has 2 heterocycles. The van der Waals surface area contributed by atoms with Crippen LogP contribution in [0.2, 0.25) is 0 Å². The van der Waals surface area contributed by atoms with Gasteiger partial charge in [0.15, 0.2) is 0 Å². The van der Waals surface area contributed by atoms with Crippen molar-refractivity contribution < 1.29 is 9.15 Å². The number of anilines is 1. The van der Waals surface area contributed by atoms with Gasteiger partial charge in [-0.15, -0.1) is 0 Å². The predicted molar refractivity (Wildman–Crippen MR) is 136 cm³/mol.